The number of carbonyl (C=O) groups excluding carboxylic acids is 1. The molecule has 1 aromatic carbocycles. The van der Waals surface area contributed by atoms with Crippen LogP contribution in [-0.4, -0.2) is 16.9 Å². The quantitative estimate of drug-likeness (QED) is 0.900. The van der Waals surface area contributed by atoms with Gasteiger partial charge in [-0.25, -0.2) is 9.37 Å². The van der Waals surface area contributed by atoms with Crippen LogP contribution in [0.1, 0.15) is 49.1 Å². The van der Waals surface area contributed by atoms with Gasteiger partial charge in [-0.05, 0) is 36.1 Å². The van der Waals surface area contributed by atoms with Crippen molar-refractivity contribution < 1.29 is 19.4 Å². The number of ether oxygens (including phenoxy) is 1. The highest BCUT2D eigenvalue weighted by atomic mass is 19.1. The van der Waals surface area contributed by atoms with Crippen LogP contribution < -0.4 is 10.1 Å². The van der Waals surface area contributed by atoms with Crippen LogP contribution in [0.5, 0.6) is 5.88 Å². The summed E-state index contributed by atoms with van der Waals surface area (Å²) in [6.07, 6.45) is 1.34. The number of aromatic nitrogens is 1. The zero-order valence-electron chi connectivity index (χ0n) is 18.2. The van der Waals surface area contributed by atoms with Gasteiger partial charge in [0.25, 0.3) is 5.91 Å². The summed E-state index contributed by atoms with van der Waals surface area (Å²) in [6, 6.07) is 0.495. The predicted octanol–water partition coefficient (Wildman–Crippen LogP) is 3.96. The zero-order valence-corrected chi connectivity index (χ0v) is 14.2. The van der Waals surface area contributed by atoms with Crippen LogP contribution in [0.25, 0.3) is 0 Å². The second-order valence-electron chi connectivity index (χ2n) is 6.53. The highest BCUT2D eigenvalue weighted by molar-refractivity contribution is 5.94. The number of hydrogen-bond acceptors (Lipinski definition) is 3. The van der Waals surface area contributed by atoms with E-state index in [1.54, 1.807) is 0 Å². The lowest BCUT2D eigenvalue weighted by Crippen LogP contribution is -2.41. The molecular weight excluding hydrogens is 307 g/mol. The molecule has 0 unspecified atom stereocenters. The lowest BCUT2D eigenvalue weighted by Gasteiger charge is -2.28. The number of benzene rings is 1. The number of nitrogens with one attached hydrogen (secondary N) is 1. The number of carbonyl (C=O) groups is 1. The van der Waals surface area contributed by atoms with Crippen molar-refractivity contribution in [2.24, 2.45) is 5.41 Å². The molecule has 4 nitrogen and oxygen atoms in total. The van der Waals surface area contributed by atoms with Crippen LogP contribution in [0.3, 0.4) is 0 Å². The van der Waals surface area contributed by atoms with Crippen LogP contribution in [0.15, 0.2) is 42.5 Å². The van der Waals surface area contributed by atoms with Gasteiger partial charge >= 0.3 is 0 Å². The van der Waals surface area contributed by atoms with E-state index >= 15 is 0 Å². The number of pyridine rings is 1. The lowest BCUT2D eigenvalue weighted by molar-refractivity contribution is 0.0909. The molecule has 2 aromatic rings. The molecule has 0 aliphatic rings. The van der Waals surface area contributed by atoms with Gasteiger partial charge in [-0.2, -0.15) is 0 Å². The third-order valence-corrected chi connectivity index (χ3v) is 3.66. The van der Waals surface area contributed by atoms with Gasteiger partial charge in [0.1, 0.15) is 12.4 Å². The Morgan fingerprint density at radius 3 is 2.79 bits per heavy atom. The van der Waals surface area contributed by atoms with E-state index in [0.29, 0.717) is 5.56 Å². The van der Waals surface area contributed by atoms with Crippen molar-refractivity contribution >= 4 is 5.91 Å². The Morgan fingerprint density at radius 2 is 2.17 bits per heavy atom. The minimum Gasteiger partial charge on any atom is -0.473 e. The third kappa shape index (κ3) is 5.05. The van der Waals surface area contributed by atoms with Crippen molar-refractivity contribution in [3.05, 3.63) is 59.4 Å². The van der Waals surface area contributed by atoms with Gasteiger partial charge in [0, 0.05) is 18.3 Å². The summed E-state index contributed by atoms with van der Waals surface area (Å²) in [6.45, 7) is 7.63. The minimum absolute atomic E-state index is 0.0455. The highest BCUT2D eigenvalue weighted by Gasteiger charge is 2.22. The smallest absolute Gasteiger partial charge is 0.253 e. The molecule has 128 valence electrons. The fraction of sp³-hybridized carbons (Fsp3) is 0.368. The fourth-order valence-electron chi connectivity index (χ4n) is 1.67. The number of halogens is 1. The van der Waals surface area contributed by atoms with Crippen molar-refractivity contribution in [1.82, 2.24) is 10.3 Å². The highest BCUT2D eigenvalue weighted by Crippen LogP contribution is 2.19. The van der Waals surface area contributed by atoms with Crippen molar-refractivity contribution in [2.75, 3.05) is 0 Å². The van der Waals surface area contributed by atoms with Crippen LogP contribution >= 0.6 is 0 Å². The molecule has 0 spiro atoms. The van der Waals surface area contributed by atoms with E-state index in [1.807, 2.05) is 27.7 Å². The zero-order chi connectivity index (χ0) is 21.2. The summed E-state index contributed by atoms with van der Waals surface area (Å²) in [5, 5.41) is 2.90. The van der Waals surface area contributed by atoms with E-state index in [-0.39, 0.29) is 35.4 Å². The number of rotatable bonds is 5. The van der Waals surface area contributed by atoms with Gasteiger partial charge in [0.05, 0.1) is 11.0 Å². The first-order chi connectivity index (χ1) is 12.9. The molecular formula is C19H23FN2O2. The Bertz CT molecular complexity index is 854. The van der Waals surface area contributed by atoms with E-state index in [2.05, 4.69) is 10.3 Å². The normalized spacial score (nSPS) is 14.9. The molecule has 0 bridgehead atoms. The number of hydrogen-bond donors (Lipinski definition) is 1. The lowest BCUT2D eigenvalue weighted by atomic mass is 9.88. The molecule has 0 saturated carbocycles. The first kappa shape index (κ1) is 12.9. The summed E-state index contributed by atoms with van der Waals surface area (Å²) in [7, 11) is 0. The summed E-state index contributed by atoms with van der Waals surface area (Å²) in [5.41, 5.74) is 0.124. The van der Waals surface area contributed by atoms with Crippen LogP contribution in [-0.2, 0) is 6.61 Å². The van der Waals surface area contributed by atoms with Crippen LogP contribution in [0, 0.1) is 11.2 Å². The predicted molar refractivity (Wildman–Crippen MR) is 91.4 cm³/mol. The standard InChI is InChI=1S/C19H23FN2O2/c1-13(19(2,3)4)22-18(23)15-8-9-17(21-11-15)24-12-14-6-5-7-16(20)10-14/h5-11,13H,12H2,1-4H3,(H,22,23)/t13-/m1/s1/i5D,6D,7D,10D. The average Bonchev–Trinajstić information content (AvgIpc) is 2.64. The molecule has 1 aromatic heterocycles. The maximum Gasteiger partial charge on any atom is 0.253 e. The Labute approximate surface area is 147 Å². The molecule has 1 atom stereocenters. The van der Waals surface area contributed by atoms with Crippen molar-refractivity contribution in [2.45, 2.75) is 40.3 Å². The summed E-state index contributed by atoms with van der Waals surface area (Å²) < 4.78 is 49.6. The molecule has 0 aliphatic heterocycles. The summed E-state index contributed by atoms with van der Waals surface area (Å²) >= 11 is 0. The maximum atomic E-state index is 13.8. The van der Waals surface area contributed by atoms with Gasteiger partial charge in [-0.3, -0.25) is 4.79 Å². The summed E-state index contributed by atoms with van der Waals surface area (Å²) in [5.74, 6) is -1.30. The molecule has 0 saturated heterocycles. The topological polar surface area (TPSA) is 51.2 Å². The molecule has 1 heterocycles. The molecule has 5 heteroatoms. The second-order valence-corrected chi connectivity index (χ2v) is 6.53. The Kier molecular flexibility index (Phi) is 4.00. The van der Waals surface area contributed by atoms with Crippen molar-refractivity contribution in [1.29, 1.82) is 0 Å². The van der Waals surface area contributed by atoms with E-state index in [9.17, 15) is 9.18 Å². The van der Waals surface area contributed by atoms with E-state index in [0.717, 1.165) is 0 Å². The van der Waals surface area contributed by atoms with Crippen molar-refractivity contribution in [3.8, 4) is 5.88 Å². The molecule has 1 N–H and O–H groups in total. The van der Waals surface area contributed by atoms with Gasteiger partial charge in [-0.15, -0.1) is 0 Å². The average molecular weight is 334 g/mol. The molecule has 0 radical (unpaired) electrons. The molecule has 2 rings (SSSR count). The second kappa shape index (κ2) is 7.43. The Balaban J connectivity index is 2.09. The largest absolute Gasteiger partial charge is 0.473 e. The van der Waals surface area contributed by atoms with Gasteiger partial charge in [0.15, 0.2) is 0 Å². The first-order valence-electron chi connectivity index (χ1n) is 9.58. The third-order valence-electron chi connectivity index (χ3n) is 3.66. The maximum absolute atomic E-state index is 13.8. The van der Waals surface area contributed by atoms with E-state index < -0.39 is 30.0 Å². The molecule has 0 fully saturated rings. The number of nitrogens with zero attached hydrogens (tertiary/aromatic N) is 1. The van der Waals surface area contributed by atoms with Gasteiger partial charge < -0.3 is 10.1 Å². The van der Waals surface area contributed by atoms with E-state index in [4.69, 9.17) is 10.2 Å². The van der Waals surface area contributed by atoms with Gasteiger partial charge in [0.2, 0.25) is 5.88 Å². The summed E-state index contributed by atoms with van der Waals surface area (Å²) in [4.78, 5) is 16.3. The SMILES string of the molecule is [2H]c1c([2H])c(F)c([2H])c(COc2ccc(C(=O)N[C@H](C)C(C)(C)C)cn2)c1[2H]. The molecule has 1 amide bonds. The van der Waals surface area contributed by atoms with E-state index in [1.165, 1.54) is 18.3 Å². The van der Waals surface area contributed by atoms with Gasteiger partial charge in [-0.1, -0.05) is 32.9 Å². The Hall–Kier alpha value is -2.43. The Morgan fingerprint density at radius 1 is 1.42 bits per heavy atom. The monoisotopic (exact) mass is 334 g/mol. The minimum atomic E-state index is -1.16. The van der Waals surface area contributed by atoms with Crippen molar-refractivity contribution in [3.63, 3.8) is 0 Å². The molecule has 0 aliphatic carbocycles. The van der Waals surface area contributed by atoms with Crippen LogP contribution in [0.2, 0.25) is 0 Å². The fourth-order valence-corrected chi connectivity index (χ4v) is 1.67. The number of amides is 1. The first-order valence-corrected chi connectivity index (χ1v) is 7.58. The van der Waals surface area contributed by atoms with Crippen LogP contribution in [0.4, 0.5) is 4.39 Å². The molecule has 24 heavy (non-hydrogen) atoms.